The average Bonchev–Trinajstić information content (AvgIpc) is 2.83. The highest BCUT2D eigenvalue weighted by molar-refractivity contribution is 6.33. The van der Waals surface area contributed by atoms with Crippen molar-refractivity contribution in [3.8, 4) is 0 Å². The van der Waals surface area contributed by atoms with E-state index in [4.69, 9.17) is 21.1 Å². The fraction of sp³-hybridized carbons (Fsp3) is 0.154. The van der Waals surface area contributed by atoms with Gasteiger partial charge >= 0.3 is 17.9 Å². The van der Waals surface area contributed by atoms with E-state index in [1.54, 1.807) is 36.4 Å². The molecule has 1 amide bonds. The summed E-state index contributed by atoms with van der Waals surface area (Å²) in [6.07, 6.45) is -4.16. The van der Waals surface area contributed by atoms with Gasteiger partial charge in [0.05, 0.1) is 21.8 Å². The van der Waals surface area contributed by atoms with Crippen molar-refractivity contribution < 1.29 is 33.8 Å². The van der Waals surface area contributed by atoms with Gasteiger partial charge < -0.3 is 19.9 Å². The number of carboxylic acids is 1. The van der Waals surface area contributed by atoms with E-state index in [1.807, 2.05) is 13.8 Å². The SMILES string of the molecule is Cc1ccc(C(=O)O[C@H](C(=O)O)[C@@H](OC(=O)c2ccc(C)cc2)C(=O)Nc2ccccc2Cl)cc1. The van der Waals surface area contributed by atoms with Crippen molar-refractivity contribution in [3.05, 3.63) is 100 Å². The number of aryl methyl sites for hydroxylation is 2. The minimum atomic E-state index is -2.14. The lowest BCUT2D eigenvalue weighted by molar-refractivity contribution is -0.157. The number of carboxylic acid groups (broad SMARTS) is 1. The van der Waals surface area contributed by atoms with Crippen molar-refractivity contribution in [2.24, 2.45) is 0 Å². The van der Waals surface area contributed by atoms with Crippen LogP contribution < -0.4 is 5.32 Å². The molecular formula is C26H22ClNO7. The standard InChI is InChI=1S/C26H22ClNO7/c1-15-7-11-17(12-8-15)25(32)34-21(23(29)28-20-6-4-3-5-19(20)27)22(24(30)31)35-26(33)18-13-9-16(2)10-14-18/h3-14,21-22H,1-2H3,(H,28,29)(H,30,31)/t21-,22+/m1/s1. The van der Waals surface area contributed by atoms with Crippen LogP contribution in [0.25, 0.3) is 0 Å². The fourth-order valence-electron chi connectivity index (χ4n) is 3.01. The number of anilines is 1. The zero-order chi connectivity index (χ0) is 25.5. The predicted molar refractivity (Wildman–Crippen MR) is 128 cm³/mol. The van der Waals surface area contributed by atoms with Crippen LogP contribution in [0.5, 0.6) is 0 Å². The van der Waals surface area contributed by atoms with Crippen molar-refractivity contribution in [1.82, 2.24) is 0 Å². The Bertz CT molecular complexity index is 1240. The molecule has 0 bridgehead atoms. The Balaban J connectivity index is 1.91. The van der Waals surface area contributed by atoms with Gasteiger partial charge in [0, 0.05) is 0 Å². The molecule has 0 saturated carbocycles. The summed E-state index contributed by atoms with van der Waals surface area (Å²) in [4.78, 5) is 50.5. The van der Waals surface area contributed by atoms with Crippen molar-refractivity contribution in [1.29, 1.82) is 0 Å². The van der Waals surface area contributed by atoms with E-state index in [0.717, 1.165) is 11.1 Å². The van der Waals surface area contributed by atoms with Gasteiger partial charge in [-0.25, -0.2) is 14.4 Å². The molecule has 3 aromatic carbocycles. The molecule has 0 saturated heterocycles. The van der Waals surface area contributed by atoms with Gasteiger partial charge in [0.2, 0.25) is 12.2 Å². The third kappa shape index (κ3) is 6.68. The number of carbonyl (C=O) groups is 4. The van der Waals surface area contributed by atoms with E-state index in [2.05, 4.69) is 5.32 Å². The minimum Gasteiger partial charge on any atom is -0.478 e. The number of hydrogen-bond donors (Lipinski definition) is 2. The van der Waals surface area contributed by atoms with Crippen LogP contribution in [0.4, 0.5) is 5.69 Å². The first kappa shape index (κ1) is 25.5. The number of rotatable bonds is 8. The quantitative estimate of drug-likeness (QED) is 0.443. The second kappa shape index (κ2) is 11.3. The first-order valence-corrected chi connectivity index (χ1v) is 10.9. The van der Waals surface area contributed by atoms with Crippen LogP contribution in [0.15, 0.2) is 72.8 Å². The highest BCUT2D eigenvalue weighted by Gasteiger charge is 2.41. The van der Waals surface area contributed by atoms with Gasteiger partial charge in [0.1, 0.15) is 0 Å². The molecule has 9 heteroatoms. The topological polar surface area (TPSA) is 119 Å². The first-order valence-electron chi connectivity index (χ1n) is 10.5. The van der Waals surface area contributed by atoms with Crippen molar-refractivity contribution in [3.63, 3.8) is 0 Å². The molecule has 3 aromatic rings. The highest BCUT2D eigenvalue weighted by Crippen LogP contribution is 2.22. The summed E-state index contributed by atoms with van der Waals surface area (Å²) >= 11 is 6.08. The molecule has 2 N–H and O–H groups in total. The second-order valence-electron chi connectivity index (χ2n) is 7.69. The average molecular weight is 496 g/mol. The molecular weight excluding hydrogens is 474 g/mol. The first-order chi connectivity index (χ1) is 16.7. The number of ether oxygens (including phenoxy) is 2. The number of benzene rings is 3. The number of carbonyl (C=O) groups excluding carboxylic acids is 3. The highest BCUT2D eigenvalue weighted by atomic mass is 35.5. The maximum absolute atomic E-state index is 13.1. The Labute approximate surface area is 206 Å². The number of aliphatic carboxylic acids is 1. The lowest BCUT2D eigenvalue weighted by Gasteiger charge is -2.24. The van der Waals surface area contributed by atoms with Crippen LogP contribution in [0.3, 0.4) is 0 Å². The van der Waals surface area contributed by atoms with Crippen molar-refractivity contribution in [2.45, 2.75) is 26.1 Å². The molecule has 0 aromatic heterocycles. The Hall–Kier alpha value is -4.17. The van der Waals surface area contributed by atoms with E-state index in [9.17, 15) is 24.3 Å². The minimum absolute atomic E-state index is 0.0666. The van der Waals surface area contributed by atoms with E-state index in [0.29, 0.717) is 0 Å². The summed E-state index contributed by atoms with van der Waals surface area (Å²) < 4.78 is 10.4. The van der Waals surface area contributed by atoms with Gasteiger partial charge in [-0.2, -0.15) is 0 Å². The van der Waals surface area contributed by atoms with Gasteiger partial charge in [-0.05, 0) is 50.2 Å². The Kier molecular flexibility index (Phi) is 8.22. The van der Waals surface area contributed by atoms with Crippen LogP contribution >= 0.6 is 11.6 Å². The summed E-state index contributed by atoms with van der Waals surface area (Å²) in [5.74, 6) is -4.69. The molecule has 2 atom stereocenters. The number of para-hydroxylation sites is 1. The van der Waals surface area contributed by atoms with Gasteiger partial charge in [-0.15, -0.1) is 0 Å². The lowest BCUT2D eigenvalue weighted by atomic mass is 10.1. The lowest BCUT2D eigenvalue weighted by Crippen LogP contribution is -2.48. The summed E-state index contributed by atoms with van der Waals surface area (Å²) in [5, 5.41) is 12.4. The van der Waals surface area contributed by atoms with E-state index >= 15 is 0 Å². The molecule has 0 aliphatic rings. The largest absolute Gasteiger partial charge is 0.478 e. The van der Waals surface area contributed by atoms with Gasteiger partial charge in [0.25, 0.3) is 5.91 Å². The molecule has 0 heterocycles. The monoisotopic (exact) mass is 495 g/mol. The molecule has 0 aliphatic carbocycles. The van der Waals surface area contributed by atoms with E-state index < -0.39 is 36.0 Å². The van der Waals surface area contributed by atoms with Gasteiger partial charge in [0.15, 0.2) is 0 Å². The number of nitrogens with one attached hydrogen (secondary N) is 1. The number of hydrogen-bond acceptors (Lipinski definition) is 6. The third-order valence-corrected chi connectivity index (χ3v) is 5.28. The smallest absolute Gasteiger partial charge is 0.349 e. The summed E-state index contributed by atoms with van der Waals surface area (Å²) in [6.45, 7) is 3.63. The normalized spacial score (nSPS) is 12.2. The van der Waals surface area contributed by atoms with Crippen LogP contribution in [0, 0.1) is 13.8 Å². The predicted octanol–water partition coefficient (Wildman–Crippen LogP) is 4.43. The molecule has 0 unspecified atom stereocenters. The molecule has 0 radical (unpaired) electrons. The zero-order valence-corrected chi connectivity index (χ0v) is 19.6. The maximum Gasteiger partial charge on any atom is 0.349 e. The summed E-state index contributed by atoms with van der Waals surface area (Å²) in [7, 11) is 0. The van der Waals surface area contributed by atoms with Crippen LogP contribution in [-0.2, 0) is 19.1 Å². The van der Waals surface area contributed by atoms with Crippen LogP contribution in [-0.4, -0.2) is 41.1 Å². The van der Waals surface area contributed by atoms with Gasteiger partial charge in [-0.1, -0.05) is 59.1 Å². The van der Waals surface area contributed by atoms with E-state index in [1.165, 1.54) is 36.4 Å². The van der Waals surface area contributed by atoms with E-state index in [-0.39, 0.29) is 21.8 Å². The summed E-state index contributed by atoms with van der Waals surface area (Å²) in [5.41, 5.74) is 2.06. The number of halogens is 1. The molecule has 0 aliphatic heterocycles. The van der Waals surface area contributed by atoms with Crippen LogP contribution in [0.2, 0.25) is 5.02 Å². The fourth-order valence-corrected chi connectivity index (χ4v) is 3.19. The molecule has 0 spiro atoms. The number of amides is 1. The zero-order valence-electron chi connectivity index (χ0n) is 18.9. The molecule has 3 rings (SSSR count). The third-order valence-electron chi connectivity index (χ3n) is 4.95. The Morgan fingerprint density at radius 1 is 0.743 bits per heavy atom. The second-order valence-corrected chi connectivity index (χ2v) is 8.10. The van der Waals surface area contributed by atoms with Crippen LogP contribution in [0.1, 0.15) is 31.8 Å². The van der Waals surface area contributed by atoms with Crippen molar-refractivity contribution >= 4 is 41.1 Å². The van der Waals surface area contributed by atoms with Crippen molar-refractivity contribution in [2.75, 3.05) is 5.32 Å². The maximum atomic E-state index is 13.1. The van der Waals surface area contributed by atoms with Gasteiger partial charge in [-0.3, -0.25) is 4.79 Å². The Morgan fingerprint density at radius 2 is 1.20 bits per heavy atom. The molecule has 35 heavy (non-hydrogen) atoms. The number of esters is 2. The molecule has 180 valence electrons. The summed E-state index contributed by atoms with van der Waals surface area (Å²) in [6, 6.07) is 18.7. The Morgan fingerprint density at radius 3 is 1.66 bits per heavy atom. The molecule has 8 nitrogen and oxygen atoms in total. The molecule has 0 fully saturated rings.